The Morgan fingerprint density at radius 1 is 1.24 bits per heavy atom. The molecule has 0 aliphatic heterocycles. The number of anilines is 1. The summed E-state index contributed by atoms with van der Waals surface area (Å²) in [4.78, 5) is 40.1. The molecule has 0 aliphatic carbocycles. The minimum Gasteiger partial charge on any atom is -0.458 e. The molecule has 174 valence electrons. The third kappa shape index (κ3) is 5.51. The zero-order valence-electron chi connectivity index (χ0n) is 18.0. The number of carbonyl (C=O) groups is 1. The van der Waals surface area contributed by atoms with Gasteiger partial charge in [0, 0.05) is 32.4 Å². The molecule has 0 fully saturated rings. The van der Waals surface area contributed by atoms with Crippen molar-refractivity contribution in [1.82, 2.24) is 14.1 Å². The number of rotatable bonds is 8. The largest absolute Gasteiger partial charge is 0.458 e. The molecule has 0 bridgehead atoms. The number of nitrogens with one attached hydrogen (secondary N) is 1. The van der Waals surface area contributed by atoms with Gasteiger partial charge < -0.3 is 9.64 Å². The number of hydrogen-bond acceptors (Lipinski definition) is 9. The van der Waals surface area contributed by atoms with E-state index in [1.807, 2.05) is 11.6 Å². The van der Waals surface area contributed by atoms with E-state index >= 15 is 0 Å². The maximum absolute atomic E-state index is 12.5. The summed E-state index contributed by atoms with van der Waals surface area (Å²) in [6.45, 7) is 0.800. The van der Waals surface area contributed by atoms with Crippen molar-refractivity contribution in [2.45, 2.75) is 18.4 Å². The highest BCUT2D eigenvalue weighted by Gasteiger charge is 2.23. The van der Waals surface area contributed by atoms with Crippen molar-refractivity contribution < 1.29 is 22.9 Å². The van der Waals surface area contributed by atoms with Gasteiger partial charge in [0.25, 0.3) is 11.2 Å². The molecule has 1 N–H and O–H groups in total. The highest BCUT2D eigenvalue weighted by molar-refractivity contribution is 7.89. The van der Waals surface area contributed by atoms with Crippen LogP contribution in [0.4, 0.5) is 11.4 Å². The number of sulfonamides is 1. The number of nitro groups is 1. The van der Waals surface area contributed by atoms with Crippen LogP contribution in [0.1, 0.15) is 11.3 Å². The fourth-order valence-electron chi connectivity index (χ4n) is 2.97. The lowest BCUT2D eigenvalue weighted by atomic mass is 10.2. The van der Waals surface area contributed by atoms with Gasteiger partial charge in [0.05, 0.1) is 15.5 Å². The van der Waals surface area contributed by atoms with Crippen molar-refractivity contribution in [3.63, 3.8) is 0 Å². The third-order valence-corrected chi connectivity index (χ3v) is 6.00. The Hall–Kier alpha value is -3.84. The van der Waals surface area contributed by atoms with E-state index in [4.69, 9.17) is 4.74 Å². The van der Waals surface area contributed by atoms with Gasteiger partial charge in [-0.25, -0.2) is 13.4 Å². The van der Waals surface area contributed by atoms with Crippen molar-refractivity contribution >= 4 is 33.0 Å². The first-order valence-corrected chi connectivity index (χ1v) is 11.1. The van der Waals surface area contributed by atoms with Gasteiger partial charge in [0.15, 0.2) is 0 Å². The Kier molecular flexibility index (Phi) is 6.74. The smallest absolute Gasteiger partial charge is 0.321 e. The van der Waals surface area contributed by atoms with E-state index in [0.717, 1.165) is 11.6 Å². The summed E-state index contributed by atoms with van der Waals surface area (Å²) in [5.74, 6) is -0.913. The summed E-state index contributed by atoms with van der Waals surface area (Å²) in [6, 6.07) is 8.08. The second-order valence-corrected chi connectivity index (χ2v) is 9.07. The number of hydrogen-bond donors (Lipinski definition) is 1. The quantitative estimate of drug-likeness (QED) is 0.285. The number of aryl methyl sites for hydroxylation is 1. The third-order valence-electron chi connectivity index (χ3n) is 4.60. The molecule has 13 heteroatoms. The zero-order valence-corrected chi connectivity index (χ0v) is 18.8. The van der Waals surface area contributed by atoms with E-state index in [0.29, 0.717) is 5.65 Å². The van der Waals surface area contributed by atoms with E-state index < -0.39 is 33.1 Å². The average Bonchev–Trinajstić information content (AvgIpc) is 2.75. The van der Waals surface area contributed by atoms with Crippen LogP contribution in [-0.4, -0.2) is 49.3 Å². The average molecular weight is 475 g/mol. The molecule has 0 radical (unpaired) electrons. The maximum atomic E-state index is 12.5. The Morgan fingerprint density at radius 2 is 1.97 bits per heavy atom. The Balaban J connectivity index is 1.67. The lowest BCUT2D eigenvalue weighted by Gasteiger charge is -2.13. The minimum absolute atomic E-state index is 0.205. The van der Waals surface area contributed by atoms with Gasteiger partial charge >= 0.3 is 5.97 Å². The molecule has 33 heavy (non-hydrogen) atoms. The zero-order chi connectivity index (χ0) is 24.3. The minimum atomic E-state index is -4.22. The number of aromatic nitrogens is 2. The maximum Gasteiger partial charge on any atom is 0.321 e. The van der Waals surface area contributed by atoms with E-state index in [1.54, 1.807) is 32.4 Å². The van der Waals surface area contributed by atoms with Crippen LogP contribution in [-0.2, 0) is 26.2 Å². The van der Waals surface area contributed by atoms with Crippen molar-refractivity contribution in [2.75, 3.05) is 25.5 Å². The van der Waals surface area contributed by atoms with Crippen LogP contribution < -0.4 is 15.2 Å². The van der Waals surface area contributed by atoms with Crippen molar-refractivity contribution in [3.05, 3.63) is 74.3 Å². The fourth-order valence-corrected chi connectivity index (χ4v) is 3.95. The van der Waals surface area contributed by atoms with Crippen LogP contribution >= 0.6 is 0 Å². The predicted molar refractivity (Wildman–Crippen MR) is 119 cm³/mol. The van der Waals surface area contributed by atoms with Gasteiger partial charge in [0.2, 0.25) is 10.0 Å². The van der Waals surface area contributed by atoms with Crippen LogP contribution in [0, 0.1) is 17.0 Å². The highest BCUT2D eigenvalue weighted by atomic mass is 32.2. The fraction of sp³-hybridized carbons (Fsp3) is 0.250. The van der Waals surface area contributed by atoms with Crippen LogP contribution in [0.25, 0.3) is 5.65 Å². The molecule has 2 aromatic heterocycles. The standard InChI is InChI=1S/C20H21N5O7S/c1-13-6-7-24-18(8-13)22-14(9-19(24)26)12-32-20(27)11-21-33(30,31)15-4-5-16(23(2)3)17(10-15)25(28)29/h4-10,21H,11-12H2,1-3H3. The summed E-state index contributed by atoms with van der Waals surface area (Å²) in [5, 5.41) is 11.3. The first kappa shape index (κ1) is 23.8. The van der Waals surface area contributed by atoms with Crippen molar-refractivity contribution in [1.29, 1.82) is 0 Å². The normalized spacial score (nSPS) is 11.4. The van der Waals surface area contributed by atoms with Crippen LogP contribution in [0.5, 0.6) is 0 Å². The summed E-state index contributed by atoms with van der Waals surface area (Å²) in [5.41, 5.74) is 0.967. The van der Waals surface area contributed by atoms with Crippen LogP contribution in [0.3, 0.4) is 0 Å². The molecule has 3 aromatic rings. The number of nitro benzene ring substituents is 1. The van der Waals surface area contributed by atoms with Gasteiger partial charge in [-0.15, -0.1) is 0 Å². The second kappa shape index (κ2) is 9.34. The predicted octanol–water partition coefficient (Wildman–Crippen LogP) is 0.999. The second-order valence-electron chi connectivity index (χ2n) is 7.31. The molecule has 12 nitrogen and oxygen atoms in total. The molecule has 1 aromatic carbocycles. The van der Waals surface area contributed by atoms with Crippen molar-refractivity contribution in [2.24, 2.45) is 0 Å². The molecule has 0 aliphatic rings. The molecule has 0 amide bonds. The van der Waals surface area contributed by atoms with Gasteiger partial charge in [-0.2, -0.15) is 4.72 Å². The molecule has 0 saturated carbocycles. The number of carbonyl (C=O) groups excluding carboxylic acids is 1. The molecule has 2 heterocycles. The van der Waals surface area contributed by atoms with Crippen LogP contribution in [0.15, 0.2) is 52.3 Å². The number of esters is 1. The van der Waals surface area contributed by atoms with Crippen LogP contribution in [0.2, 0.25) is 0 Å². The number of pyridine rings is 1. The Morgan fingerprint density at radius 3 is 2.64 bits per heavy atom. The molecule has 3 rings (SSSR count). The van der Waals surface area contributed by atoms with E-state index in [-0.39, 0.29) is 28.4 Å². The van der Waals surface area contributed by atoms with Gasteiger partial charge in [-0.05, 0) is 36.8 Å². The van der Waals surface area contributed by atoms with Gasteiger partial charge in [-0.1, -0.05) is 0 Å². The number of fused-ring (bicyclic) bond motifs is 1. The number of ether oxygens (including phenoxy) is 1. The summed E-state index contributed by atoms with van der Waals surface area (Å²) >= 11 is 0. The highest BCUT2D eigenvalue weighted by Crippen LogP contribution is 2.29. The van der Waals surface area contributed by atoms with Gasteiger partial charge in [-0.3, -0.25) is 24.1 Å². The summed E-state index contributed by atoms with van der Waals surface area (Å²) in [7, 11) is -1.04. The Labute approximate surface area is 188 Å². The Bertz CT molecular complexity index is 1400. The number of benzene rings is 1. The first-order chi connectivity index (χ1) is 15.5. The SMILES string of the molecule is Cc1ccn2c(=O)cc(COC(=O)CNS(=O)(=O)c3ccc(N(C)C)c([N+](=O)[O-])c3)nc2c1. The molecular weight excluding hydrogens is 454 g/mol. The monoisotopic (exact) mass is 475 g/mol. The topological polar surface area (TPSA) is 153 Å². The van der Waals surface area contributed by atoms with E-state index in [1.165, 1.54) is 27.5 Å². The van der Waals surface area contributed by atoms with Gasteiger partial charge in [0.1, 0.15) is 24.5 Å². The lowest BCUT2D eigenvalue weighted by Crippen LogP contribution is -2.31. The van der Waals surface area contributed by atoms with Crippen molar-refractivity contribution in [3.8, 4) is 0 Å². The molecule has 0 atom stereocenters. The molecular formula is C20H21N5O7S. The van der Waals surface area contributed by atoms with E-state index in [9.17, 15) is 28.1 Å². The lowest BCUT2D eigenvalue weighted by molar-refractivity contribution is -0.384. The molecule has 0 saturated heterocycles. The molecule has 0 spiro atoms. The van der Waals surface area contributed by atoms with E-state index in [2.05, 4.69) is 4.98 Å². The summed E-state index contributed by atoms with van der Waals surface area (Å²) in [6.07, 6.45) is 1.58. The first-order valence-electron chi connectivity index (χ1n) is 9.58. The summed E-state index contributed by atoms with van der Waals surface area (Å²) < 4.78 is 33.4. The molecule has 0 unspecified atom stereocenters. The number of nitrogens with zero attached hydrogens (tertiary/aromatic N) is 4.